The number of anilines is 2. The third-order valence-corrected chi connectivity index (χ3v) is 6.43. The van der Waals surface area contributed by atoms with Crippen LogP contribution in [0.2, 0.25) is 0 Å². The second-order valence-electron chi connectivity index (χ2n) is 6.36. The molecule has 0 spiro atoms. The SMILES string of the molecule is Cc1cc(NC(=O)C(C)C2CC2)ccc1N1CCCS1(=O)=O. The molecular formula is C16H22N2O3S. The van der Waals surface area contributed by atoms with E-state index in [0.717, 1.165) is 24.1 Å². The fourth-order valence-electron chi connectivity index (χ4n) is 2.99. The van der Waals surface area contributed by atoms with Crippen LogP contribution >= 0.6 is 0 Å². The van der Waals surface area contributed by atoms with Crippen molar-refractivity contribution in [2.75, 3.05) is 21.9 Å². The zero-order valence-electron chi connectivity index (χ0n) is 13.0. The lowest BCUT2D eigenvalue weighted by Gasteiger charge is -2.20. The average molecular weight is 322 g/mol. The van der Waals surface area contributed by atoms with Crippen molar-refractivity contribution in [3.63, 3.8) is 0 Å². The third-order valence-electron chi connectivity index (χ3n) is 4.57. The molecule has 1 aliphatic heterocycles. The molecule has 1 saturated carbocycles. The lowest BCUT2D eigenvalue weighted by molar-refractivity contribution is -0.119. The van der Waals surface area contributed by atoms with Crippen molar-refractivity contribution in [1.29, 1.82) is 0 Å². The van der Waals surface area contributed by atoms with E-state index in [1.807, 2.05) is 19.9 Å². The minimum Gasteiger partial charge on any atom is -0.326 e. The van der Waals surface area contributed by atoms with E-state index in [0.29, 0.717) is 24.6 Å². The Morgan fingerprint density at radius 2 is 2.09 bits per heavy atom. The van der Waals surface area contributed by atoms with Crippen molar-refractivity contribution in [3.8, 4) is 0 Å². The molecule has 0 bridgehead atoms. The van der Waals surface area contributed by atoms with Crippen molar-refractivity contribution in [2.45, 2.75) is 33.1 Å². The topological polar surface area (TPSA) is 66.5 Å². The van der Waals surface area contributed by atoms with Gasteiger partial charge in [0.05, 0.1) is 11.4 Å². The minimum atomic E-state index is -3.17. The average Bonchev–Trinajstić information content (AvgIpc) is 3.23. The normalized spacial score (nSPS) is 21.6. The van der Waals surface area contributed by atoms with E-state index in [2.05, 4.69) is 5.32 Å². The Morgan fingerprint density at radius 1 is 1.36 bits per heavy atom. The molecule has 1 aromatic carbocycles. The zero-order chi connectivity index (χ0) is 15.9. The number of carbonyl (C=O) groups excluding carboxylic acids is 1. The molecule has 1 N–H and O–H groups in total. The number of hydrogen-bond acceptors (Lipinski definition) is 3. The maximum atomic E-state index is 12.1. The quantitative estimate of drug-likeness (QED) is 0.926. The van der Waals surface area contributed by atoms with Crippen molar-refractivity contribution in [3.05, 3.63) is 23.8 Å². The van der Waals surface area contributed by atoms with Gasteiger partial charge in [0.15, 0.2) is 0 Å². The monoisotopic (exact) mass is 322 g/mol. The van der Waals surface area contributed by atoms with E-state index >= 15 is 0 Å². The van der Waals surface area contributed by atoms with Crippen LogP contribution in [0.3, 0.4) is 0 Å². The van der Waals surface area contributed by atoms with E-state index < -0.39 is 10.0 Å². The second-order valence-corrected chi connectivity index (χ2v) is 8.37. The summed E-state index contributed by atoms with van der Waals surface area (Å²) in [6.07, 6.45) is 2.94. The van der Waals surface area contributed by atoms with Gasteiger partial charge in [-0.2, -0.15) is 0 Å². The standard InChI is InChI=1S/C16H22N2O3S/c1-11-10-14(17-16(19)12(2)13-4-5-13)6-7-15(11)18-8-3-9-22(18,20)21/h6-7,10,12-13H,3-5,8-9H2,1-2H3,(H,17,19). The number of sulfonamides is 1. The van der Waals surface area contributed by atoms with Crippen molar-refractivity contribution >= 4 is 27.3 Å². The first-order valence-corrected chi connectivity index (χ1v) is 9.41. The van der Waals surface area contributed by atoms with Crippen LogP contribution in [0, 0.1) is 18.8 Å². The molecule has 22 heavy (non-hydrogen) atoms. The first-order valence-electron chi connectivity index (χ1n) is 7.80. The Labute approximate surface area is 131 Å². The number of hydrogen-bond donors (Lipinski definition) is 1. The van der Waals surface area contributed by atoms with Gasteiger partial charge in [-0.3, -0.25) is 9.10 Å². The highest BCUT2D eigenvalue weighted by Gasteiger charge is 2.33. The summed E-state index contributed by atoms with van der Waals surface area (Å²) in [5.41, 5.74) is 2.31. The molecule has 2 fully saturated rings. The molecule has 6 heteroatoms. The van der Waals surface area contributed by atoms with Gasteiger partial charge in [0.1, 0.15) is 0 Å². The predicted molar refractivity (Wildman–Crippen MR) is 87.4 cm³/mol. The maximum Gasteiger partial charge on any atom is 0.235 e. The van der Waals surface area contributed by atoms with Gasteiger partial charge in [-0.1, -0.05) is 6.92 Å². The van der Waals surface area contributed by atoms with Crippen LogP contribution in [0.5, 0.6) is 0 Å². The summed E-state index contributed by atoms with van der Waals surface area (Å²) in [4.78, 5) is 12.1. The van der Waals surface area contributed by atoms with Crippen LogP contribution in [0.4, 0.5) is 11.4 Å². The molecule has 5 nitrogen and oxygen atoms in total. The molecule has 1 aliphatic carbocycles. The van der Waals surface area contributed by atoms with Crippen LogP contribution in [0.25, 0.3) is 0 Å². The third kappa shape index (κ3) is 2.97. The Morgan fingerprint density at radius 3 is 2.64 bits per heavy atom. The summed E-state index contributed by atoms with van der Waals surface area (Å²) in [5, 5.41) is 2.94. The van der Waals surface area contributed by atoms with Crippen molar-refractivity contribution in [2.24, 2.45) is 11.8 Å². The van der Waals surface area contributed by atoms with Crippen LogP contribution < -0.4 is 9.62 Å². The fourth-order valence-corrected chi connectivity index (χ4v) is 4.62. The molecule has 1 amide bonds. The summed E-state index contributed by atoms with van der Waals surface area (Å²) in [6, 6.07) is 5.42. The van der Waals surface area contributed by atoms with Crippen LogP contribution in [0.15, 0.2) is 18.2 Å². The number of rotatable bonds is 4. The van der Waals surface area contributed by atoms with Crippen LogP contribution in [-0.2, 0) is 14.8 Å². The summed E-state index contributed by atoms with van der Waals surface area (Å²) >= 11 is 0. The van der Waals surface area contributed by atoms with E-state index in [-0.39, 0.29) is 17.6 Å². The zero-order valence-corrected chi connectivity index (χ0v) is 13.8. The molecule has 1 atom stereocenters. The molecule has 3 rings (SSSR count). The summed E-state index contributed by atoms with van der Waals surface area (Å²) in [6.45, 7) is 4.38. The molecule has 1 saturated heterocycles. The largest absolute Gasteiger partial charge is 0.326 e. The van der Waals surface area contributed by atoms with E-state index in [1.165, 1.54) is 4.31 Å². The van der Waals surface area contributed by atoms with Crippen molar-refractivity contribution < 1.29 is 13.2 Å². The lowest BCUT2D eigenvalue weighted by Crippen LogP contribution is -2.26. The van der Waals surface area contributed by atoms with Gasteiger partial charge in [0.25, 0.3) is 0 Å². The van der Waals surface area contributed by atoms with Crippen molar-refractivity contribution in [1.82, 2.24) is 0 Å². The van der Waals surface area contributed by atoms with Gasteiger partial charge in [-0.25, -0.2) is 8.42 Å². The number of amides is 1. The first kappa shape index (κ1) is 15.3. The van der Waals surface area contributed by atoms with Crippen LogP contribution in [-0.4, -0.2) is 26.6 Å². The second kappa shape index (κ2) is 5.57. The Kier molecular flexibility index (Phi) is 3.89. The highest BCUT2D eigenvalue weighted by atomic mass is 32.2. The molecule has 0 aromatic heterocycles. The van der Waals surface area contributed by atoms with Gasteiger partial charge in [0, 0.05) is 18.2 Å². The van der Waals surface area contributed by atoms with Gasteiger partial charge < -0.3 is 5.32 Å². The highest BCUT2D eigenvalue weighted by Crippen LogP contribution is 2.37. The Bertz CT molecular complexity index is 695. The van der Waals surface area contributed by atoms with E-state index in [1.54, 1.807) is 12.1 Å². The highest BCUT2D eigenvalue weighted by molar-refractivity contribution is 7.93. The van der Waals surface area contributed by atoms with Crippen LogP contribution in [0.1, 0.15) is 31.7 Å². The van der Waals surface area contributed by atoms with Gasteiger partial charge in [-0.15, -0.1) is 0 Å². The predicted octanol–water partition coefficient (Wildman–Crippen LogP) is 2.52. The number of aryl methyl sites for hydroxylation is 1. The summed E-state index contributed by atoms with van der Waals surface area (Å²) in [7, 11) is -3.17. The molecule has 2 aliphatic rings. The molecular weight excluding hydrogens is 300 g/mol. The summed E-state index contributed by atoms with van der Waals surface area (Å²) in [5.74, 6) is 0.821. The van der Waals surface area contributed by atoms with Gasteiger partial charge >= 0.3 is 0 Å². The van der Waals surface area contributed by atoms with E-state index in [4.69, 9.17) is 0 Å². The first-order chi connectivity index (χ1) is 10.4. The minimum absolute atomic E-state index is 0.0407. The smallest absolute Gasteiger partial charge is 0.235 e. The molecule has 1 unspecified atom stereocenters. The summed E-state index contributed by atoms with van der Waals surface area (Å²) < 4.78 is 25.5. The molecule has 120 valence electrons. The number of nitrogens with one attached hydrogen (secondary N) is 1. The number of carbonyl (C=O) groups is 1. The molecule has 0 radical (unpaired) electrons. The van der Waals surface area contributed by atoms with Gasteiger partial charge in [0.2, 0.25) is 15.9 Å². The number of benzene rings is 1. The Hall–Kier alpha value is -1.56. The fraction of sp³-hybridized carbons (Fsp3) is 0.562. The molecule has 1 aromatic rings. The lowest BCUT2D eigenvalue weighted by atomic mass is 10.1. The van der Waals surface area contributed by atoms with E-state index in [9.17, 15) is 13.2 Å². The maximum absolute atomic E-state index is 12.1. The van der Waals surface area contributed by atoms with Gasteiger partial charge in [-0.05, 0) is 55.9 Å². The molecule has 1 heterocycles. The number of nitrogens with zero attached hydrogens (tertiary/aromatic N) is 1. The Balaban J connectivity index is 1.76.